The number of para-hydroxylation sites is 1. The molecule has 0 amide bonds. The van der Waals surface area contributed by atoms with E-state index in [9.17, 15) is 13.2 Å². The van der Waals surface area contributed by atoms with E-state index < -0.39 is 6.36 Å². The lowest BCUT2D eigenvalue weighted by atomic mass is 10.1. The first-order valence-electron chi connectivity index (χ1n) is 5.45. The van der Waals surface area contributed by atoms with Crippen LogP contribution >= 0.6 is 11.6 Å². The van der Waals surface area contributed by atoms with Crippen molar-refractivity contribution in [2.24, 2.45) is 0 Å². The van der Waals surface area contributed by atoms with Crippen molar-refractivity contribution in [1.82, 2.24) is 4.98 Å². The maximum absolute atomic E-state index is 12.4. The fourth-order valence-corrected chi connectivity index (χ4v) is 1.89. The Morgan fingerprint density at radius 1 is 1.20 bits per heavy atom. The Morgan fingerprint density at radius 2 is 1.90 bits per heavy atom. The summed E-state index contributed by atoms with van der Waals surface area (Å²) in [7, 11) is 1.40. The van der Waals surface area contributed by atoms with Gasteiger partial charge in [0.2, 0.25) is 5.88 Å². The Bertz CT molecular complexity index is 617. The van der Waals surface area contributed by atoms with Gasteiger partial charge in [0.05, 0.1) is 7.11 Å². The number of hydrogen-bond donors (Lipinski definition) is 0. The second-order valence-corrected chi connectivity index (χ2v) is 4.17. The second-order valence-electron chi connectivity index (χ2n) is 3.76. The molecule has 0 saturated carbocycles. The van der Waals surface area contributed by atoms with Gasteiger partial charge < -0.3 is 9.47 Å². The molecule has 0 bridgehead atoms. The van der Waals surface area contributed by atoms with Gasteiger partial charge in [0, 0.05) is 17.3 Å². The van der Waals surface area contributed by atoms with Crippen LogP contribution in [0.3, 0.4) is 0 Å². The van der Waals surface area contributed by atoms with Gasteiger partial charge in [-0.3, -0.25) is 0 Å². The molecular formula is C13H9ClF3NO2. The maximum atomic E-state index is 12.4. The molecule has 1 heterocycles. The van der Waals surface area contributed by atoms with E-state index in [-0.39, 0.29) is 22.2 Å². The van der Waals surface area contributed by atoms with Crippen molar-refractivity contribution in [3.8, 4) is 22.8 Å². The third-order valence-corrected chi connectivity index (χ3v) is 2.70. The maximum Gasteiger partial charge on any atom is 0.573 e. The first-order chi connectivity index (χ1) is 9.40. The number of halogens is 4. The molecule has 0 aliphatic rings. The van der Waals surface area contributed by atoms with Crippen molar-refractivity contribution in [3.63, 3.8) is 0 Å². The standard InChI is InChI=1S/C13H9ClF3NO2/c1-19-12-10(14)6-8(7-18-12)9-4-2-3-5-11(9)20-13(15,16)17/h2-7H,1H3. The third-order valence-electron chi connectivity index (χ3n) is 2.42. The predicted octanol–water partition coefficient (Wildman–Crippen LogP) is 4.31. The van der Waals surface area contributed by atoms with Gasteiger partial charge in [0.25, 0.3) is 0 Å². The normalized spacial score (nSPS) is 11.2. The third kappa shape index (κ3) is 3.33. The van der Waals surface area contributed by atoms with Crippen LogP contribution in [0.1, 0.15) is 0 Å². The van der Waals surface area contributed by atoms with E-state index in [1.54, 1.807) is 6.07 Å². The highest BCUT2D eigenvalue weighted by molar-refractivity contribution is 6.32. The number of hydrogen-bond acceptors (Lipinski definition) is 3. The Labute approximate surface area is 117 Å². The topological polar surface area (TPSA) is 31.4 Å². The van der Waals surface area contributed by atoms with Crippen LogP contribution < -0.4 is 9.47 Å². The molecule has 20 heavy (non-hydrogen) atoms. The molecule has 0 radical (unpaired) electrons. The lowest BCUT2D eigenvalue weighted by molar-refractivity contribution is -0.274. The molecule has 7 heteroatoms. The molecule has 106 valence electrons. The SMILES string of the molecule is COc1ncc(-c2ccccc2OC(F)(F)F)cc1Cl. The summed E-state index contributed by atoms with van der Waals surface area (Å²) in [6, 6.07) is 7.22. The quantitative estimate of drug-likeness (QED) is 0.846. The molecule has 0 N–H and O–H groups in total. The Morgan fingerprint density at radius 3 is 2.50 bits per heavy atom. The van der Waals surface area contributed by atoms with Crippen LogP contribution in [0, 0.1) is 0 Å². The highest BCUT2D eigenvalue weighted by atomic mass is 35.5. The van der Waals surface area contributed by atoms with Crippen LogP contribution in [0.15, 0.2) is 36.5 Å². The minimum Gasteiger partial charge on any atom is -0.480 e. The van der Waals surface area contributed by atoms with Gasteiger partial charge in [0.1, 0.15) is 10.8 Å². The van der Waals surface area contributed by atoms with Crippen molar-refractivity contribution >= 4 is 11.6 Å². The van der Waals surface area contributed by atoms with Crippen molar-refractivity contribution in [3.05, 3.63) is 41.6 Å². The van der Waals surface area contributed by atoms with Gasteiger partial charge >= 0.3 is 6.36 Å². The molecule has 0 atom stereocenters. The number of nitrogens with zero attached hydrogens (tertiary/aromatic N) is 1. The average molecular weight is 304 g/mol. The molecule has 0 saturated heterocycles. The van der Waals surface area contributed by atoms with E-state index in [4.69, 9.17) is 16.3 Å². The molecule has 0 spiro atoms. The lowest BCUT2D eigenvalue weighted by Crippen LogP contribution is -2.17. The summed E-state index contributed by atoms with van der Waals surface area (Å²) in [4.78, 5) is 3.92. The smallest absolute Gasteiger partial charge is 0.480 e. The largest absolute Gasteiger partial charge is 0.573 e. The summed E-state index contributed by atoms with van der Waals surface area (Å²) in [5.74, 6) is -0.118. The number of pyridine rings is 1. The summed E-state index contributed by atoms with van der Waals surface area (Å²) in [6.45, 7) is 0. The molecule has 2 aromatic rings. The van der Waals surface area contributed by atoms with Gasteiger partial charge in [-0.25, -0.2) is 4.98 Å². The molecule has 0 aliphatic heterocycles. The zero-order valence-electron chi connectivity index (χ0n) is 10.2. The summed E-state index contributed by atoms with van der Waals surface area (Å²) in [5.41, 5.74) is 0.637. The fraction of sp³-hybridized carbons (Fsp3) is 0.154. The van der Waals surface area contributed by atoms with Crippen molar-refractivity contribution in [2.45, 2.75) is 6.36 Å². The molecule has 2 rings (SSSR count). The molecule has 1 aromatic carbocycles. The molecule has 1 aromatic heterocycles. The monoisotopic (exact) mass is 303 g/mol. The van der Waals surface area contributed by atoms with Gasteiger partial charge in [-0.15, -0.1) is 13.2 Å². The van der Waals surface area contributed by atoms with Crippen LogP contribution in [0.2, 0.25) is 5.02 Å². The predicted molar refractivity (Wildman–Crippen MR) is 67.9 cm³/mol. The second kappa shape index (κ2) is 5.58. The molecule has 0 fully saturated rings. The van der Waals surface area contributed by atoms with E-state index in [1.165, 1.54) is 37.6 Å². The minimum atomic E-state index is -4.76. The summed E-state index contributed by atoms with van der Waals surface area (Å²) in [5, 5.41) is 0.201. The first kappa shape index (κ1) is 14.5. The van der Waals surface area contributed by atoms with Crippen LogP contribution in [-0.4, -0.2) is 18.5 Å². The Balaban J connectivity index is 2.45. The van der Waals surface area contributed by atoms with Crippen LogP contribution in [-0.2, 0) is 0 Å². The average Bonchev–Trinajstić information content (AvgIpc) is 2.37. The van der Waals surface area contributed by atoms with Crippen molar-refractivity contribution < 1.29 is 22.6 Å². The van der Waals surface area contributed by atoms with E-state index in [0.29, 0.717) is 5.56 Å². The number of benzene rings is 1. The van der Waals surface area contributed by atoms with Crippen molar-refractivity contribution in [1.29, 1.82) is 0 Å². The van der Waals surface area contributed by atoms with Crippen LogP contribution in [0.25, 0.3) is 11.1 Å². The summed E-state index contributed by atoms with van der Waals surface area (Å²) >= 11 is 5.91. The number of methoxy groups -OCH3 is 1. The van der Waals surface area contributed by atoms with Crippen LogP contribution in [0.4, 0.5) is 13.2 Å². The van der Waals surface area contributed by atoms with Gasteiger partial charge in [0.15, 0.2) is 0 Å². The van der Waals surface area contributed by atoms with E-state index in [0.717, 1.165) is 0 Å². The summed E-state index contributed by atoms with van der Waals surface area (Å²) < 4.78 is 45.9. The number of aromatic nitrogens is 1. The number of ether oxygens (including phenoxy) is 2. The zero-order chi connectivity index (χ0) is 14.8. The summed E-state index contributed by atoms with van der Waals surface area (Å²) in [6.07, 6.45) is -3.40. The van der Waals surface area contributed by atoms with Gasteiger partial charge in [-0.2, -0.15) is 0 Å². The zero-order valence-corrected chi connectivity index (χ0v) is 11.0. The Hall–Kier alpha value is -1.95. The van der Waals surface area contributed by atoms with Gasteiger partial charge in [-0.1, -0.05) is 29.8 Å². The van der Waals surface area contributed by atoms with Crippen molar-refractivity contribution in [2.75, 3.05) is 7.11 Å². The highest BCUT2D eigenvalue weighted by Crippen LogP contribution is 2.35. The van der Waals surface area contributed by atoms with E-state index in [1.807, 2.05) is 0 Å². The molecular weight excluding hydrogens is 295 g/mol. The molecule has 0 aliphatic carbocycles. The molecule has 0 unspecified atom stereocenters. The first-order valence-corrected chi connectivity index (χ1v) is 5.83. The number of alkyl halides is 3. The fourth-order valence-electron chi connectivity index (χ4n) is 1.64. The van der Waals surface area contributed by atoms with Crippen LogP contribution in [0.5, 0.6) is 11.6 Å². The minimum absolute atomic E-state index is 0.199. The lowest BCUT2D eigenvalue weighted by Gasteiger charge is -2.13. The molecule has 3 nitrogen and oxygen atoms in total. The van der Waals surface area contributed by atoms with E-state index in [2.05, 4.69) is 9.72 Å². The van der Waals surface area contributed by atoms with Gasteiger partial charge in [-0.05, 0) is 12.1 Å². The number of rotatable bonds is 3. The Kier molecular flexibility index (Phi) is 4.04. The highest BCUT2D eigenvalue weighted by Gasteiger charge is 2.32. The van der Waals surface area contributed by atoms with E-state index >= 15 is 0 Å².